The summed E-state index contributed by atoms with van der Waals surface area (Å²) in [7, 11) is -0.214. The zero-order valence-corrected chi connectivity index (χ0v) is 19.5. The number of hydrogen-bond donors (Lipinski definition) is 2. The van der Waals surface area contributed by atoms with Crippen LogP contribution in [0.2, 0.25) is 0 Å². The van der Waals surface area contributed by atoms with E-state index in [0.29, 0.717) is 22.9 Å². The fourth-order valence-corrected chi connectivity index (χ4v) is 4.06. The topological polar surface area (TPSA) is 89.6 Å². The molecule has 32 heavy (non-hydrogen) atoms. The van der Waals surface area contributed by atoms with Gasteiger partial charge in [-0.05, 0) is 31.2 Å². The Morgan fingerprint density at radius 3 is 2.34 bits per heavy atom. The number of methoxy groups -OCH3 is 2. The normalized spacial score (nSPS) is 11.1. The molecule has 0 fully saturated rings. The summed E-state index contributed by atoms with van der Waals surface area (Å²) >= 11 is 0. The van der Waals surface area contributed by atoms with Crippen molar-refractivity contribution in [3.8, 4) is 11.5 Å². The molecule has 7 nitrogen and oxygen atoms in total. The van der Waals surface area contributed by atoms with Gasteiger partial charge in [0.15, 0.2) is 0 Å². The van der Waals surface area contributed by atoms with Crippen molar-refractivity contribution < 1.29 is 17.9 Å². The second-order valence-corrected chi connectivity index (χ2v) is 8.92. The minimum Gasteiger partial charge on any atom is -0.494 e. The zero-order valence-electron chi connectivity index (χ0n) is 17.9. The Balaban J connectivity index is 0.00000289. The highest BCUT2D eigenvalue weighted by Crippen LogP contribution is 2.39. The molecule has 0 radical (unpaired) electrons. The van der Waals surface area contributed by atoms with Gasteiger partial charge < -0.3 is 14.8 Å². The first-order valence-corrected chi connectivity index (χ1v) is 11.4. The molecule has 4 rings (SSSR count). The Kier molecular flexibility index (Phi) is 6.96. The van der Waals surface area contributed by atoms with Crippen molar-refractivity contribution in [1.29, 1.82) is 0 Å². The average Bonchev–Trinajstić information content (AvgIpc) is 2.79. The minimum absolute atomic E-state index is 0. The molecule has 0 saturated carbocycles. The summed E-state index contributed by atoms with van der Waals surface area (Å²) in [5.74, 6) is 1.18. The molecular weight excluding hydrogens is 450 g/mol. The van der Waals surface area contributed by atoms with E-state index < -0.39 is 10.0 Å². The molecule has 0 amide bonds. The number of aromatic nitrogens is 1. The maximum atomic E-state index is 11.9. The van der Waals surface area contributed by atoms with E-state index in [9.17, 15) is 8.42 Å². The molecule has 168 valence electrons. The Morgan fingerprint density at radius 1 is 0.906 bits per heavy atom. The van der Waals surface area contributed by atoms with Gasteiger partial charge in [-0.25, -0.2) is 13.4 Å². The van der Waals surface area contributed by atoms with E-state index in [1.54, 1.807) is 39.3 Å². The number of pyridine rings is 1. The Bertz CT molecular complexity index is 1380. The smallest absolute Gasteiger partial charge is 0.232 e. The molecular formula is C23H24ClN3O4S. The van der Waals surface area contributed by atoms with Crippen molar-refractivity contribution in [3.63, 3.8) is 0 Å². The third-order valence-corrected chi connectivity index (χ3v) is 6.32. The lowest BCUT2D eigenvalue weighted by Crippen LogP contribution is -2.14. The summed E-state index contributed by atoms with van der Waals surface area (Å²) < 4.78 is 37.4. The van der Waals surface area contributed by atoms with Crippen LogP contribution in [0.4, 0.5) is 17.1 Å². The van der Waals surface area contributed by atoms with Crippen molar-refractivity contribution in [2.75, 3.05) is 30.0 Å². The first kappa shape index (κ1) is 23.4. The molecule has 0 aliphatic carbocycles. The maximum Gasteiger partial charge on any atom is 0.232 e. The number of anilines is 3. The molecule has 0 saturated heterocycles. The average molecular weight is 474 g/mol. The third-order valence-electron chi connectivity index (χ3n) is 5.01. The number of ether oxygens (including phenoxy) is 2. The second-order valence-electron chi connectivity index (χ2n) is 6.91. The van der Waals surface area contributed by atoms with Crippen LogP contribution in [0.1, 0.15) is 6.92 Å². The molecule has 0 aliphatic rings. The standard InChI is InChI=1S/C23H23N3O4S.ClH/c1-4-31(27,28)26-15-12-13-19(21(14-15)30-3)25-22-16-8-5-6-10-18(16)24-23-17(22)9-7-11-20(23)29-2;/h5-14,26H,4H2,1-3H3,(H,24,25);1H. The van der Waals surface area contributed by atoms with E-state index >= 15 is 0 Å². The van der Waals surface area contributed by atoms with Gasteiger partial charge in [-0.3, -0.25) is 4.72 Å². The molecule has 3 aromatic carbocycles. The Morgan fingerprint density at radius 2 is 1.62 bits per heavy atom. The highest BCUT2D eigenvalue weighted by molar-refractivity contribution is 7.92. The van der Waals surface area contributed by atoms with Crippen molar-refractivity contribution in [2.24, 2.45) is 0 Å². The predicted octanol–water partition coefficient (Wildman–Crippen LogP) is 5.33. The number of sulfonamides is 1. The lowest BCUT2D eigenvalue weighted by atomic mass is 10.1. The van der Waals surface area contributed by atoms with Crippen LogP contribution >= 0.6 is 12.4 Å². The van der Waals surface area contributed by atoms with Crippen LogP contribution in [0.5, 0.6) is 11.5 Å². The highest BCUT2D eigenvalue weighted by Gasteiger charge is 2.15. The highest BCUT2D eigenvalue weighted by atomic mass is 35.5. The van der Waals surface area contributed by atoms with Crippen molar-refractivity contribution >= 4 is 61.3 Å². The Hall–Kier alpha value is -3.23. The monoisotopic (exact) mass is 473 g/mol. The minimum atomic E-state index is -3.38. The fraction of sp³-hybridized carbons (Fsp3) is 0.174. The fourth-order valence-electron chi connectivity index (χ4n) is 3.43. The molecule has 0 atom stereocenters. The van der Waals surface area contributed by atoms with Gasteiger partial charge in [-0.15, -0.1) is 12.4 Å². The van der Waals surface area contributed by atoms with Gasteiger partial charge in [0, 0.05) is 16.8 Å². The summed E-state index contributed by atoms with van der Waals surface area (Å²) in [6.07, 6.45) is 0. The van der Waals surface area contributed by atoms with E-state index in [2.05, 4.69) is 10.0 Å². The van der Waals surface area contributed by atoms with Gasteiger partial charge in [-0.1, -0.05) is 30.3 Å². The summed E-state index contributed by atoms with van der Waals surface area (Å²) in [6, 6.07) is 18.8. The van der Waals surface area contributed by atoms with Crippen molar-refractivity contribution in [3.05, 3.63) is 60.7 Å². The van der Waals surface area contributed by atoms with Gasteiger partial charge in [0.05, 0.1) is 42.6 Å². The number of halogens is 1. The van der Waals surface area contributed by atoms with Crippen LogP contribution in [-0.4, -0.2) is 33.4 Å². The number of fused-ring (bicyclic) bond motifs is 2. The first-order valence-electron chi connectivity index (χ1n) is 9.76. The van der Waals surface area contributed by atoms with Crippen LogP contribution in [0, 0.1) is 0 Å². The molecule has 1 aromatic heterocycles. The third kappa shape index (κ3) is 4.51. The Labute approximate surface area is 193 Å². The van der Waals surface area contributed by atoms with E-state index in [1.807, 2.05) is 42.5 Å². The second kappa shape index (κ2) is 9.50. The molecule has 0 aliphatic heterocycles. The molecule has 2 N–H and O–H groups in total. The summed E-state index contributed by atoms with van der Waals surface area (Å²) in [5.41, 5.74) is 3.57. The van der Waals surface area contributed by atoms with Gasteiger partial charge >= 0.3 is 0 Å². The SMILES string of the molecule is CCS(=O)(=O)Nc1ccc(Nc2c3ccccc3nc3c(OC)cccc23)c(OC)c1.Cl. The zero-order chi connectivity index (χ0) is 22.0. The van der Waals surface area contributed by atoms with E-state index in [4.69, 9.17) is 14.5 Å². The van der Waals surface area contributed by atoms with Gasteiger partial charge in [0.1, 0.15) is 17.0 Å². The maximum absolute atomic E-state index is 11.9. The molecule has 1 heterocycles. The lowest BCUT2D eigenvalue weighted by Gasteiger charge is -2.17. The number of para-hydroxylation sites is 2. The predicted molar refractivity (Wildman–Crippen MR) is 132 cm³/mol. The summed E-state index contributed by atoms with van der Waals surface area (Å²) in [6.45, 7) is 1.59. The number of hydrogen-bond acceptors (Lipinski definition) is 6. The molecule has 0 unspecified atom stereocenters. The number of nitrogens with one attached hydrogen (secondary N) is 2. The summed E-state index contributed by atoms with van der Waals surface area (Å²) in [4.78, 5) is 4.78. The van der Waals surface area contributed by atoms with Crippen LogP contribution in [0.3, 0.4) is 0 Å². The molecule has 9 heteroatoms. The van der Waals surface area contributed by atoms with Crippen LogP contribution in [-0.2, 0) is 10.0 Å². The van der Waals surface area contributed by atoms with Crippen LogP contribution in [0.15, 0.2) is 60.7 Å². The number of nitrogens with zero attached hydrogens (tertiary/aromatic N) is 1. The van der Waals surface area contributed by atoms with Gasteiger partial charge in [0.25, 0.3) is 0 Å². The van der Waals surface area contributed by atoms with E-state index in [-0.39, 0.29) is 18.2 Å². The lowest BCUT2D eigenvalue weighted by molar-refractivity contribution is 0.417. The van der Waals surface area contributed by atoms with E-state index in [1.165, 1.54) is 0 Å². The largest absolute Gasteiger partial charge is 0.494 e. The summed E-state index contributed by atoms with van der Waals surface area (Å²) in [5, 5.41) is 5.31. The van der Waals surface area contributed by atoms with Crippen molar-refractivity contribution in [2.45, 2.75) is 6.92 Å². The molecule has 0 bridgehead atoms. The number of rotatable bonds is 7. The molecule has 4 aromatic rings. The van der Waals surface area contributed by atoms with Gasteiger partial charge in [0.2, 0.25) is 10.0 Å². The van der Waals surface area contributed by atoms with E-state index in [0.717, 1.165) is 27.5 Å². The first-order chi connectivity index (χ1) is 15.0. The van der Waals surface area contributed by atoms with Gasteiger partial charge in [-0.2, -0.15) is 0 Å². The van der Waals surface area contributed by atoms with Crippen LogP contribution < -0.4 is 19.5 Å². The quantitative estimate of drug-likeness (QED) is 0.352. The van der Waals surface area contributed by atoms with Crippen LogP contribution in [0.25, 0.3) is 21.8 Å². The number of benzene rings is 3. The van der Waals surface area contributed by atoms with Crippen molar-refractivity contribution in [1.82, 2.24) is 4.98 Å². The molecule has 0 spiro atoms.